The minimum absolute atomic E-state index is 0.0290. The summed E-state index contributed by atoms with van der Waals surface area (Å²) in [5.74, 6) is -0.0290. The summed E-state index contributed by atoms with van der Waals surface area (Å²) in [5, 5.41) is 6.24. The average molecular weight is 433 g/mol. The van der Waals surface area contributed by atoms with E-state index >= 15 is 0 Å². The van der Waals surface area contributed by atoms with Crippen molar-refractivity contribution in [3.05, 3.63) is 49.3 Å². The number of rotatable bonds is 7. The molecule has 2 N–H and O–H groups in total. The fraction of sp³-hybridized carbons (Fsp3) is 0.286. The lowest BCUT2D eigenvalue weighted by atomic mass is 10.3. The predicted octanol–water partition coefficient (Wildman–Crippen LogP) is 3.58. The van der Waals surface area contributed by atoms with E-state index in [2.05, 4.69) is 47.5 Å². The smallest absolute Gasteiger partial charge is 0.261 e. The van der Waals surface area contributed by atoms with Gasteiger partial charge < -0.3 is 10.6 Å². The Morgan fingerprint density at radius 2 is 2.19 bits per heavy atom. The quantitative estimate of drug-likeness (QED) is 0.657. The van der Waals surface area contributed by atoms with Crippen LogP contribution in [0.2, 0.25) is 0 Å². The predicted molar refractivity (Wildman–Crippen MR) is 92.6 cm³/mol. The van der Waals surface area contributed by atoms with Crippen molar-refractivity contribution in [1.82, 2.24) is 15.6 Å². The molecule has 0 aliphatic heterocycles. The van der Waals surface area contributed by atoms with Gasteiger partial charge in [0.05, 0.1) is 8.66 Å². The van der Waals surface area contributed by atoms with Crippen molar-refractivity contribution in [2.24, 2.45) is 0 Å². The van der Waals surface area contributed by atoms with Crippen molar-refractivity contribution in [2.75, 3.05) is 13.1 Å². The SMILES string of the molecule is O=C(NCCCNCc1cccnc1)c1cc(Br)c(Br)s1. The second kappa shape index (κ2) is 8.63. The fourth-order valence-electron chi connectivity index (χ4n) is 1.70. The largest absolute Gasteiger partial charge is 0.351 e. The number of pyridine rings is 1. The highest BCUT2D eigenvalue weighted by molar-refractivity contribution is 9.13. The van der Waals surface area contributed by atoms with Crippen LogP contribution in [0.5, 0.6) is 0 Å². The third-order valence-corrected chi connectivity index (χ3v) is 5.99. The Bertz CT molecular complexity index is 570. The molecule has 2 aromatic rings. The van der Waals surface area contributed by atoms with E-state index < -0.39 is 0 Å². The molecule has 112 valence electrons. The monoisotopic (exact) mass is 431 g/mol. The number of hydrogen-bond donors (Lipinski definition) is 2. The van der Waals surface area contributed by atoms with Gasteiger partial charge >= 0.3 is 0 Å². The van der Waals surface area contributed by atoms with E-state index in [9.17, 15) is 4.79 Å². The molecule has 7 heteroatoms. The first kappa shape index (κ1) is 16.6. The van der Waals surface area contributed by atoms with E-state index in [4.69, 9.17) is 0 Å². The number of carbonyl (C=O) groups excluding carboxylic acids is 1. The molecule has 0 aliphatic carbocycles. The lowest BCUT2D eigenvalue weighted by Crippen LogP contribution is -2.26. The summed E-state index contributed by atoms with van der Waals surface area (Å²) in [6, 6.07) is 5.79. The standard InChI is InChI=1S/C14H15Br2N3OS/c15-11-7-12(21-13(11)16)14(20)19-6-2-5-18-9-10-3-1-4-17-8-10/h1,3-4,7-8,18H,2,5-6,9H2,(H,19,20). The molecule has 0 unspecified atom stereocenters. The highest BCUT2D eigenvalue weighted by Gasteiger charge is 2.10. The summed E-state index contributed by atoms with van der Waals surface area (Å²) in [6.45, 7) is 2.31. The minimum Gasteiger partial charge on any atom is -0.351 e. The van der Waals surface area contributed by atoms with Gasteiger partial charge in [0, 0.05) is 30.0 Å². The molecular formula is C14H15Br2N3OS. The molecule has 2 rings (SSSR count). The number of amides is 1. The molecule has 21 heavy (non-hydrogen) atoms. The van der Waals surface area contributed by atoms with E-state index in [-0.39, 0.29) is 5.91 Å². The summed E-state index contributed by atoms with van der Waals surface area (Å²) in [6.07, 6.45) is 4.50. The number of nitrogens with zero attached hydrogens (tertiary/aromatic N) is 1. The van der Waals surface area contributed by atoms with Crippen LogP contribution in [0.15, 0.2) is 38.9 Å². The zero-order valence-corrected chi connectivity index (χ0v) is 15.2. The number of aromatic nitrogens is 1. The van der Waals surface area contributed by atoms with Gasteiger partial charge in [-0.3, -0.25) is 9.78 Å². The van der Waals surface area contributed by atoms with Gasteiger partial charge in [0.2, 0.25) is 0 Å². The Morgan fingerprint density at radius 3 is 2.86 bits per heavy atom. The summed E-state index contributed by atoms with van der Waals surface area (Å²) < 4.78 is 1.85. The maximum atomic E-state index is 11.9. The van der Waals surface area contributed by atoms with Gasteiger partial charge in [-0.15, -0.1) is 11.3 Å². The van der Waals surface area contributed by atoms with Gasteiger partial charge in [0.1, 0.15) is 0 Å². The van der Waals surface area contributed by atoms with Gasteiger partial charge in [-0.25, -0.2) is 0 Å². The molecular weight excluding hydrogens is 418 g/mol. The van der Waals surface area contributed by atoms with Crippen LogP contribution in [-0.4, -0.2) is 24.0 Å². The van der Waals surface area contributed by atoms with Gasteiger partial charge in [-0.2, -0.15) is 0 Å². The van der Waals surface area contributed by atoms with Crippen LogP contribution in [0.1, 0.15) is 21.7 Å². The first-order valence-corrected chi connectivity index (χ1v) is 8.89. The van der Waals surface area contributed by atoms with Gasteiger partial charge in [0.15, 0.2) is 0 Å². The topological polar surface area (TPSA) is 54.0 Å². The van der Waals surface area contributed by atoms with Crippen LogP contribution < -0.4 is 10.6 Å². The molecule has 0 radical (unpaired) electrons. The van der Waals surface area contributed by atoms with Crippen molar-refractivity contribution in [3.63, 3.8) is 0 Å². The molecule has 2 heterocycles. The van der Waals surface area contributed by atoms with E-state index in [0.717, 1.165) is 33.3 Å². The Hall–Kier alpha value is -0.760. The van der Waals surface area contributed by atoms with E-state index in [1.165, 1.54) is 11.3 Å². The molecule has 0 saturated carbocycles. The number of nitrogens with one attached hydrogen (secondary N) is 2. The highest BCUT2D eigenvalue weighted by atomic mass is 79.9. The van der Waals surface area contributed by atoms with Crippen LogP contribution in [0.3, 0.4) is 0 Å². The average Bonchev–Trinajstić information content (AvgIpc) is 2.83. The van der Waals surface area contributed by atoms with Gasteiger partial charge in [0.25, 0.3) is 5.91 Å². The van der Waals surface area contributed by atoms with E-state index in [0.29, 0.717) is 11.4 Å². The molecule has 1 amide bonds. The van der Waals surface area contributed by atoms with Crippen LogP contribution in [0.4, 0.5) is 0 Å². The zero-order valence-electron chi connectivity index (χ0n) is 11.2. The van der Waals surface area contributed by atoms with Gasteiger partial charge in [-0.1, -0.05) is 6.07 Å². The lowest BCUT2D eigenvalue weighted by Gasteiger charge is -2.05. The molecule has 4 nitrogen and oxygen atoms in total. The Balaban J connectivity index is 1.60. The summed E-state index contributed by atoms with van der Waals surface area (Å²) in [4.78, 5) is 16.7. The Labute approximate surface area is 144 Å². The third kappa shape index (κ3) is 5.50. The van der Waals surface area contributed by atoms with Crippen LogP contribution in [-0.2, 0) is 6.54 Å². The summed E-state index contributed by atoms with van der Waals surface area (Å²) in [7, 11) is 0. The summed E-state index contributed by atoms with van der Waals surface area (Å²) in [5.41, 5.74) is 1.16. The number of hydrogen-bond acceptors (Lipinski definition) is 4. The lowest BCUT2D eigenvalue weighted by molar-refractivity contribution is 0.0957. The molecule has 0 atom stereocenters. The van der Waals surface area contributed by atoms with Crippen molar-refractivity contribution in [3.8, 4) is 0 Å². The van der Waals surface area contributed by atoms with Crippen molar-refractivity contribution in [2.45, 2.75) is 13.0 Å². The van der Waals surface area contributed by atoms with Crippen LogP contribution in [0.25, 0.3) is 0 Å². The highest BCUT2D eigenvalue weighted by Crippen LogP contribution is 2.32. The minimum atomic E-state index is -0.0290. The number of thiophene rings is 1. The van der Waals surface area contributed by atoms with Crippen LogP contribution in [0, 0.1) is 0 Å². The first-order valence-electron chi connectivity index (χ1n) is 6.49. The van der Waals surface area contributed by atoms with Crippen LogP contribution >= 0.6 is 43.2 Å². The molecule has 0 bridgehead atoms. The molecule has 0 saturated heterocycles. The molecule has 0 spiro atoms. The van der Waals surface area contributed by atoms with Crippen molar-refractivity contribution >= 4 is 49.1 Å². The Kier molecular flexibility index (Phi) is 6.82. The summed E-state index contributed by atoms with van der Waals surface area (Å²) >= 11 is 8.19. The van der Waals surface area contributed by atoms with E-state index in [1.807, 2.05) is 24.4 Å². The molecule has 0 aromatic carbocycles. The molecule has 0 fully saturated rings. The fourth-order valence-corrected chi connectivity index (χ4v) is 3.65. The number of carbonyl (C=O) groups is 1. The molecule has 2 aromatic heterocycles. The molecule has 0 aliphatic rings. The van der Waals surface area contributed by atoms with Crippen molar-refractivity contribution < 1.29 is 4.79 Å². The third-order valence-electron chi connectivity index (χ3n) is 2.74. The maximum absolute atomic E-state index is 11.9. The first-order chi connectivity index (χ1) is 10.2. The zero-order chi connectivity index (χ0) is 15.1. The maximum Gasteiger partial charge on any atom is 0.261 e. The Morgan fingerprint density at radius 1 is 1.33 bits per heavy atom. The van der Waals surface area contributed by atoms with Gasteiger partial charge in [-0.05, 0) is 62.5 Å². The second-order valence-corrected chi connectivity index (χ2v) is 7.60. The number of halogens is 2. The second-order valence-electron chi connectivity index (χ2n) is 4.38. The normalized spacial score (nSPS) is 10.6. The van der Waals surface area contributed by atoms with E-state index in [1.54, 1.807) is 6.20 Å². The van der Waals surface area contributed by atoms with Crippen molar-refractivity contribution in [1.29, 1.82) is 0 Å².